The predicted molar refractivity (Wildman–Crippen MR) is 105 cm³/mol. The number of rotatable bonds is 10. The van der Waals surface area contributed by atoms with Crippen LogP contribution in [0.2, 0.25) is 0 Å². The van der Waals surface area contributed by atoms with Crippen LogP contribution in [0.15, 0.2) is 36.4 Å². The smallest absolute Gasteiger partial charge is 0.306 e. The SMILES string of the molecule is CCCCC(CCCN(C)Cc1ccc(C)c2ccccc12)C(=O)O. The lowest BCUT2D eigenvalue weighted by atomic mass is 9.96. The molecule has 3 nitrogen and oxygen atoms in total. The molecule has 0 radical (unpaired) electrons. The van der Waals surface area contributed by atoms with Gasteiger partial charge in [0.1, 0.15) is 0 Å². The standard InChI is InChI=1S/C22H31NO2/c1-4-5-9-18(22(24)25)10-8-15-23(3)16-19-14-13-17(2)20-11-6-7-12-21(19)20/h6-7,11-14,18H,4-5,8-10,15-16H2,1-3H3,(H,24,25). The van der Waals surface area contributed by atoms with Crippen molar-refractivity contribution in [2.75, 3.05) is 13.6 Å². The van der Waals surface area contributed by atoms with E-state index in [0.717, 1.165) is 45.2 Å². The first-order valence-electron chi connectivity index (χ1n) is 9.41. The first-order valence-corrected chi connectivity index (χ1v) is 9.41. The number of hydrogen-bond donors (Lipinski definition) is 1. The quantitative estimate of drug-likeness (QED) is 0.641. The summed E-state index contributed by atoms with van der Waals surface area (Å²) in [4.78, 5) is 13.6. The van der Waals surface area contributed by atoms with Crippen molar-refractivity contribution < 1.29 is 9.90 Å². The van der Waals surface area contributed by atoms with Gasteiger partial charge >= 0.3 is 5.97 Å². The molecule has 2 rings (SSSR count). The Labute approximate surface area is 151 Å². The van der Waals surface area contributed by atoms with E-state index >= 15 is 0 Å². The highest BCUT2D eigenvalue weighted by Gasteiger charge is 2.16. The molecule has 0 amide bonds. The van der Waals surface area contributed by atoms with E-state index in [1.165, 1.54) is 21.9 Å². The summed E-state index contributed by atoms with van der Waals surface area (Å²) in [5, 5.41) is 12.0. The molecular weight excluding hydrogens is 310 g/mol. The fraction of sp³-hybridized carbons (Fsp3) is 0.500. The van der Waals surface area contributed by atoms with Gasteiger partial charge in [0.15, 0.2) is 0 Å². The molecule has 0 fully saturated rings. The van der Waals surface area contributed by atoms with Crippen LogP contribution in [0.1, 0.15) is 50.2 Å². The van der Waals surface area contributed by atoms with Crippen LogP contribution in [0, 0.1) is 12.8 Å². The van der Waals surface area contributed by atoms with E-state index in [0.29, 0.717) is 0 Å². The highest BCUT2D eigenvalue weighted by atomic mass is 16.4. The zero-order valence-corrected chi connectivity index (χ0v) is 15.8. The van der Waals surface area contributed by atoms with Gasteiger partial charge in [-0.15, -0.1) is 0 Å². The van der Waals surface area contributed by atoms with Crippen molar-refractivity contribution >= 4 is 16.7 Å². The minimum absolute atomic E-state index is 0.187. The largest absolute Gasteiger partial charge is 0.481 e. The van der Waals surface area contributed by atoms with Gasteiger partial charge < -0.3 is 10.0 Å². The molecule has 25 heavy (non-hydrogen) atoms. The highest BCUT2D eigenvalue weighted by molar-refractivity contribution is 5.88. The predicted octanol–water partition coefficient (Wildman–Crippen LogP) is 5.25. The number of unbranched alkanes of at least 4 members (excludes halogenated alkanes) is 1. The Morgan fingerprint density at radius 1 is 1.08 bits per heavy atom. The lowest BCUT2D eigenvalue weighted by Gasteiger charge is -2.19. The number of aliphatic carboxylic acids is 1. The van der Waals surface area contributed by atoms with Crippen molar-refractivity contribution in [1.82, 2.24) is 4.90 Å². The van der Waals surface area contributed by atoms with E-state index in [-0.39, 0.29) is 5.92 Å². The molecule has 2 aromatic carbocycles. The third-order valence-electron chi connectivity index (χ3n) is 5.02. The van der Waals surface area contributed by atoms with Gasteiger partial charge in [0.05, 0.1) is 5.92 Å². The number of carboxylic acids is 1. The molecule has 0 aliphatic carbocycles. The Morgan fingerprint density at radius 2 is 1.76 bits per heavy atom. The molecule has 1 N–H and O–H groups in total. The number of nitrogens with zero attached hydrogens (tertiary/aromatic N) is 1. The second-order valence-corrected chi connectivity index (χ2v) is 7.14. The fourth-order valence-electron chi connectivity index (χ4n) is 3.47. The molecule has 1 unspecified atom stereocenters. The minimum Gasteiger partial charge on any atom is -0.481 e. The Kier molecular flexibility index (Phi) is 7.45. The van der Waals surface area contributed by atoms with Crippen molar-refractivity contribution in [1.29, 1.82) is 0 Å². The van der Waals surface area contributed by atoms with E-state index in [4.69, 9.17) is 0 Å². The lowest BCUT2D eigenvalue weighted by Crippen LogP contribution is -2.21. The summed E-state index contributed by atoms with van der Waals surface area (Å²) in [6.45, 7) is 6.09. The minimum atomic E-state index is -0.638. The van der Waals surface area contributed by atoms with Gasteiger partial charge in [-0.25, -0.2) is 0 Å². The topological polar surface area (TPSA) is 40.5 Å². The Balaban J connectivity index is 1.91. The van der Waals surface area contributed by atoms with Crippen LogP contribution in [0.3, 0.4) is 0 Å². The molecule has 0 aliphatic rings. The first-order chi connectivity index (χ1) is 12.0. The van der Waals surface area contributed by atoms with E-state index in [1.807, 2.05) is 0 Å². The summed E-state index contributed by atoms with van der Waals surface area (Å²) in [5.74, 6) is -0.825. The van der Waals surface area contributed by atoms with Gasteiger partial charge in [-0.3, -0.25) is 4.79 Å². The number of carbonyl (C=O) groups is 1. The van der Waals surface area contributed by atoms with E-state index in [9.17, 15) is 9.90 Å². The molecule has 2 aromatic rings. The summed E-state index contributed by atoms with van der Waals surface area (Å²) >= 11 is 0. The Morgan fingerprint density at radius 3 is 2.44 bits per heavy atom. The summed E-state index contributed by atoms with van der Waals surface area (Å²) in [7, 11) is 2.12. The van der Waals surface area contributed by atoms with Crippen LogP contribution >= 0.6 is 0 Å². The van der Waals surface area contributed by atoms with Gasteiger partial charge in [0.2, 0.25) is 0 Å². The molecule has 1 atom stereocenters. The summed E-state index contributed by atoms with van der Waals surface area (Å²) in [6.07, 6.45) is 4.57. The van der Waals surface area contributed by atoms with Crippen molar-refractivity contribution in [2.24, 2.45) is 5.92 Å². The van der Waals surface area contributed by atoms with Crippen molar-refractivity contribution in [2.45, 2.75) is 52.5 Å². The van der Waals surface area contributed by atoms with Crippen LogP contribution in [-0.2, 0) is 11.3 Å². The van der Waals surface area contributed by atoms with E-state index in [1.54, 1.807) is 0 Å². The molecule has 0 heterocycles. The molecule has 3 heteroatoms. The number of fused-ring (bicyclic) bond motifs is 1. The molecular formula is C22H31NO2. The van der Waals surface area contributed by atoms with Gasteiger partial charge in [0.25, 0.3) is 0 Å². The second kappa shape index (κ2) is 9.57. The van der Waals surface area contributed by atoms with Crippen LogP contribution in [0.4, 0.5) is 0 Å². The number of aryl methyl sites for hydroxylation is 1. The first kappa shape index (κ1) is 19.5. The van der Waals surface area contributed by atoms with Crippen molar-refractivity contribution in [3.8, 4) is 0 Å². The van der Waals surface area contributed by atoms with Crippen LogP contribution in [-0.4, -0.2) is 29.6 Å². The summed E-state index contributed by atoms with van der Waals surface area (Å²) < 4.78 is 0. The third kappa shape index (κ3) is 5.57. The monoisotopic (exact) mass is 341 g/mol. The lowest BCUT2D eigenvalue weighted by molar-refractivity contribution is -0.142. The van der Waals surface area contributed by atoms with Gasteiger partial charge in [0, 0.05) is 6.54 Å². The van der Waals surface area contributed by atoms with Gasteiger partial charge in [-0.05, 0) is 61.7 Å². The maximum Gasteiger partial charge on any atom is 0.306 e. The van der Waals surface area contributed by atoms with Crippen LogP contribution in [0.5, 0.6) is 0 Å². The fourth-order valence-corrected chi connectivity index (χ4v) is 3.47. The summed E-state index contributed by atoms with van der Waals surface area (Å²) in [6, 6.07) is 13.0. The zero-order chi connectivity index (χ0) is 18.2. The third-order valence-corrected chi connectivity index (χ3v) is 5.02. The average molecular weight is 341 g/mol. The molecule has 0 saturated carbocycles. The van der Waals surface area contributed by atoms with Gasteiger partial charge in [-0.1, -0.05) is 56.2 Å². The normalized spacial score (nSPS) is 12.6. The number of carboxylic acid groups (broad SMARTS) is 1. The Hall–Kier alpha value is -1.87. The zero-order valence-electron chi connectivity index (χ0n) is 15.8. The molecule has 0 aliphatic heterocycles. The number of hydrogen-bond acceptors (Lipinski definition) is 2. The van der Waals surface area contributed by atoms with E-state index in [2.05, 4.69) is 62.2 Å². The van der Waals surface area contributed by atoms with Crippen LogP contribution < -0.4 is 0 Å². The van der Waals surface area contributed by atoms with Crippen molar-refractivity contribution in [3.05, 3.63) is 47.5 Å². The summed E-state index contributed by atoms with van der Waals surface area (Å²) in [5.41, 5.74) is 2.65. The molecule has 0 aromatic heterocycles. The maximum atomic E-state index is 11.3. The van der Waals surface area contributed by atoms with E-state index < -0.39 is 5.97 Å². The Bertz CT molecular complexity index is 695. The van der Waals surface area contributed by atoms with Crippen molar-refractivity contribution in [3.63, 3.8) is 0 Å². The van der Waals surface area contributed by atoms with Gasteiger partial charge in [-0.2, -0.15) is 0 Å². The maximum absolute atomic E-state index is 11.3. The second-order valence-electron chi connectivity index (χ2n) is 7.14. The van der Waals surface area contributed by atoms with Crippen LogP contribution in [0.25, 0.3) is 10.8 Å². The molecule has 0 spiro atoms. The molecule has 136 valence electrons. The number of benzene rings is 2. The molecule has 0 saturated heterocycles. The average Bonchev–Trinajstić information content (AvgIpc) is 2.60. The highest BCUT2D eigenvalue weighted by Crippen LogP contribution is 2.23. The molecule has 0 bridgehead atoms.